The van der Waals surface area contributed by atoms with Crippen LogP contribution in [0.2, 0.25) is 0 Å². The van der Waals surface area contributed by atoms with Gasteiger partial charge < -0.3 is 24.1 Å². The van der Waals surface area contributed by atoms with Crippen LogP contribution in [0.1, 0.15) is 25.5 Å². The number of hydrogen-bond donors (Lipinski definition) is 1. The zero-order valence-electron chi connectivity index (χ0n) is 16.0. The standard InChI is InChI=1S/C20H25N3O5/c1-2-23-7-3-4-16(23)10-21-20(24)12-25-11-15-9-18(28-22-15)14-5-6-17-19(8-14)27-13-26-17/h5-6,8-9,16H,2-4,7,10-13H2,1H3,(H,21,24). The fourth-order valence-corrected chi connectivity index (χ4v) is 3.64. The Morgan fingerprint density at radius 3 is 3.11 bits per heavy atom. The van der Waals surface area contributed by atoms with Gasteiger partial charge in [0.15, 0.2) is 17.3 Å². The van der Waals surface area contributed by atoms with Crippen LogP contribution in [0.4, 0.5) is 0 Å². The van der Waals surface area contributed by atoms with Gasteiger partial charge in [-0.2, -0.15) is 0 Å². The summed E-state index contributed by atoms with van der Waals surface area (Å²) in [4.78, 5) is 14.4. The maximum atomic E-state index is 12.0. The molecular formula is C20H25N3O5. The van der Waals surface area contributed by atoms with Crippen LogP contribution in [-0.4, -0.2) is 55.0 Å². The first kappa shape index (κ1) is 18.8. The fraction of sp³-hybridized carbons (Fsp3) is 0.500. The zero-order valence-corrected chi connectivity index (χ0v) is 16.0. The van der Waals surface area contributed by atoms with Gasteiger partial charge in [-0.1, -0.05) is 12.1 Å². The Morgan fingerprint density at radius 2 is 2.21 bits per heavy atom. The first-order valence-corrected chi connectivity index (χ1v) is 9.67. The average Bonchev–Trinajstić information content (AvgIpc) is 3.45. The van der Waals surface area contributed by atoms with Crippen molar-refractivity contribution in [3.8, 4) is 22.8 Å². The highest BCUT2D eigenvalue weighted by Gasteiger charge is 2.23. The van der Waals surface area contributed by atoms with E-state index in [9.17, 15) is 4.79 Å². The minimum atomic E-state index is -0.109. The van der Waals surface area contributed by atoms with E-state index < -0.39 is 0 Å². The van der Waals surface area contributed by atoms with Crippen molar-refractivity contribution >= 4 is 5.91 Å². The lowest BCUT2D eigenvalue weighted by atomic mass is 10.1. The zero-order chi connectivity index (χ0) is 19.3. The molecule has 8 heteroatoms. The number of hydrogen-bond acceptors (Lipinski definition) is 7. The molecule has 1 atom stereocenters. The number of likely N-dealkylation sites (tertiary alicyclic amines) is 1. The summed E-state index contributed by atoms with van der Waals surface area (Å²) in [6.45, 7) is 5.41. The van der Waals surface area contributed by atoms with E-state index in [1.807, 2.05) is 18.2 Å². The van der Waals surface area contributed by atoms with Gasteiger partial charge in [-0.25, -0.2) is 0 Å². The molecule has 0 bridgehead atoms. The molecule has 2 aliphatic heterocycles. The third-order valence-corrected chi connectivity index (χ3v) is 5.14. The second kappa shape index (κ2) is 8.62. The van der Waals surface area contributed by atoms with Crippen molar-refractivity contribution in [3.05, 3.63) is 30.0 Å². The molecule has 4 rings (SSSR count). The van der Waals surface area contributed by atoms with E-state index in [1.165, 1.54) is 6.42 Å². The fourth-order valence-electron chi connectivity index (χ4n) is 3.64. The summed E-state index contributed by atoms with van der Waals surface area (Å²) in [5.74, 6) is 1.91. The molecule has 1 amide bonds. The highest BCUT2D eigenvalue weighted by atomic mass is 16.7. The summed E-state index contributed by atoms with van der Waals surface area (Å²) in [5, 5.41) is 6.96. The molecule has 0 spiro atoms. The first-order chi connectivity index (χ1) is 13.7. The second-order valence-electron chi connectivity index (χ2n) is 6.97. The molecule has 2 aliphatic rings. The van der Waals surface area contributed by atoms with Crippen LogP contribution in [0.5, 0.6) is 11.5 Å². The normalized spacial score (nSPS) is 18.5. The van der Waals surface area contributed by atoms with Gasteiger partial charge in [0.05, 0.1) is 6.61 Å². The van der Waals surface area contributed by atoms with Crippen LogP contribution in [0.3, 0.4) is 0 Å². The van der Waals surface area contributed by atoms with Crippen LogP contribution < -0.4 is 14.8 Å². The van der Waals surface area contributed by atoms with Gasteiger partial charge in [-0.05, 0) is 44.1 Å². The number of benzene rings is 1. The Kier molecular flexibility index (Phi) is 5.78. The third-order valence-electron chi connectivity index (χ3n) is 5.14. The molecule has 28 heavy (non-hydrogen) atoms. The SMILES string of the molecule is CCN1CCCC1CNC(=O)COCc1cc(-c2ccc3c(c2)OCO3)on1. The van der Waals surface area contributed by atoms with Crippen LogP contribution >= 0.6 is 0 Å². The summed E-state index contributed by atoms with van der Waals surface area (Å²) in [7, 11) is 0. The van der Waals surface area contributed by atoms with Crippen molar-refractivity contribution in [2.45, 2.75) is 32.4 Å². The lowest BCUT2D eigenvalue weighted by molar-refractivity contribution is -0.126. The molecule has 8 nitrogen and oxygen atoms in total. The Morgan fingerprint density at radius 1 is 1.32 bits per heavy atom. The number of carbonyl (C=O) groups excluding carboxylic acids is 1. The van der Waals surface area contributed by atoms with Gasteiger partial charge in [0.25, 0.3) is 0 Å². The summed E-state index contributed by atoms with van der Waals surface area (Å²) in [6.07, 6.45) is 2.33. The van der Waals surface area contributed by atoms with E-state index in [1.54, 1.807) is 6.07 Å². The van der Waals surface area contributed by atoms with Gasteiger partial charge in [0.1, 0.15) is 12.3 Å². The molecule has 0 aliphatic carbocycles. The van der Waals surface area contributed by atoms with Crippen molar-refractivity contribution in [1.29, 1.82) is 0 Å². The van der Waals surface area contributed by atoms with E-state index in [0.717, 1.165) is 30.8 Å². The number of fused-ring (bicyclic) bond motifs is 1. The Hall–Kier alpha value is -2.58. The number of nitrogens with zero attached hydrogens (tertiary/aromatic N) is 2. The van der Waals surface area contributed by atoms with Crippen molar-refractivity contribution in [3.63, 3.8) is 0 Å². The van der Waals surface area contributed by atoms with E-state index in [2.05, 4.69) is 22.3 Å². The number of nitrogens with one attached hydrogen (secondary N) is 1. The quantitative estimate of drug-likeness (QED) is 0.743. The number of amides is 1. The molecule has 1 fully saturated rings. The van der Waals surface area contributed by atoms with Gasteiger partial charge in [0, 0.05) is 24.2 Å². The molecule has 2 aromatic rings. The maximum Gasteiger partial charge on any atom is 0.246 e. The van der Waals surface area contributed by atoms with Gasteiger partial charge in [-0.15, -0.1) is 0 Å². The molecule has 1 aromatic heterocycles. The monoisotopic (exact) mass is 387 g/mol. The minimum Gasteiger partial charge on any atom is -0.454 e. The third kappa shape index (κ3) is 4.28. The van der Waals surface area contributed by atoms with Gasteiger partial charge in [-0.3, -0.25) is 9.69 Å². The predicted molar refractivity (Wildman–Crippen MR) is 101 cm³/mol. The molecule has 0 radical (unpaired) electrons. The Bertz CT molecular complexity index is 822. The predicted octanol–water partition coefficient (Wildman–Crippen LogP) is 2.19. The van der Waals surface area contributed by atoms with Crippen molar-refractivity contribution in [2.75, 3.05) is 33.0 Å². The molecule has 1 N–H and O–H groups in total. The number of rotatable bonds is 8. The molecule has 1 saturated heterocycles. The summed E-state index contributed by atoms with van der Waals surface area (Å²) in [5.41, 5.74) is 1.48. The van der Waals surface area contributed by atoms with Crippen molar-refractivity contribution < 1.29 is 23.5 Å². The summed E-state index contributed by atoms with van der Waals surface area (Å²) in [6, 6.07) is 7.81. The smallest absolute Gasteiger partial charge is 0.246 e. The lowest BCUT2D eigenvalue weighted by Crippen LogP contribution is -2.41. The summed E-state index contributed by atoms with van der Waals surface area (Å²) < 4.78 is 21.5. The average molecular weight is 387 g/mol. The minimum absolute atomic E-state index is 0.00502. The van der Waals surface area contributed by atoms with Crippen molar-refractivity contribution in [2.24, 2.45) is 0 Å². The van der Waals surface area contributed by atoms with E-state index in [-0.39, 0.29) is 25.9 Å². The molecule has 1 unspecified atom stereocenters. The topological polar surface area (TPSA) is 86.1 Å². The lowest BCUT2D eigenvalue weighted by Gasteiger charge is -2.22. The highest BCUT2D eigenvalue weighted by Crippen LogP contribution is 2.36. The Balaban J connectivity index is 1.22. The molecule has 1 aromatic carbocycles. The molecular weight excluding hydrogens is 362 g/mol. The van der Waals surface area contributed by atoms with Crippen molar-refractivity contribution in [1.82, 2.24) is 15.4 Å². The maximum absolute atomic E-state index is 12.0. The van der Waals surface area contributed by atoms with Crippen LogP contribution in [0, 0.1) is 0 Å². The van der Waals surface area contributed by atoms with Crippen LogP contribution in [0.25, 0.3) is 11.3 Å². The van der Waals surface area contributed by atoms with Gasteiger partial charge in [0.2, 0.25) is 12.7 Å². The van der Waals surface area contributed by atoms with E-state index in [4.69, 9.17) is 18.7 Å². The number of ether oxygens (including phenoxy) is 3. The van der Waals surface area contributed by atoms with Crippen LogP contribution in [0.15, 0.2) is 28.8 Å². The molecule has 0 saturated carbocycles. The van der Waals surface area contributed by atoms with Crippen LogP contribution in [-0.2, 0) is 16.1 Å². The highest BCUT2D eigenvalue weighted by molar-refractivity contribution is 5.77. The number of carbonyl (C=O) groups is 1. The molecule has 150 valence electrons. The van der Waals surface area contributed by atoms with E-state index >= 15 is 0 Å². The number of aromatic nitrogens is 1. The van der Waals surface area contributed by atoms with Gasteiger partial charge >= 0.3 is 0 Å². The summed E-state index contributed by atoms with van der Waals surface area (Å²) >= 11 is 0. The Labute approximate surface area is 163 Å². The second-order valence-corrected chi connectivity index (χ2v) is 6.97. The molecule has 3 heterocycles. The number of likely N-dealkylation sites (N-methyl/N-ethyl adjacent to an activating group) is 1. The van der Waals surface area contributed by atoms with E-state index in [0.29, 0.717) is 29.8 Å². The first-order valence-electron chi connectivity index (χ1n) is 9.67. The largest absolute Gasteiger partial charge is 0.454 e.